The summed E-state index contributed by atoms with van der Waals surface area (Å²) in [5.41, 5.74) is 1.98. The van der Waals surface area contributed by atoms with E-state index in [2.05, 4.69) is 10.6 Å². The summed E-state index contributed by atoms with van der Waals surface area (Å²) in [6.07, 6.45) is -11.7. The molecule has 0 saturated carbocycles. The SMILES string of the molecule is OC[C@H]1O[C@@H](O[C@H]2[C@H](O)[C@@H](NCc3ccccc3)C(NCc3ccccc3)O[C@@H]2CO)[C@H](O)[C@@H](O)[C@H]1O. The molecular weight excluding hydrogens is 484 g/mol. The fraction of sp³-hybridized carbons (Fsp3) is 0.538. The molecule has 0 bridgehead atoms. The van der Waals surface area contributed by atoms with E-state index in [1.807, 2.05) is 60.7 Å². The summed E-state index contributed by atoms with van der Waals surface area (Å²) in [5, 5.41) is 68.2. The van der Waals surface area contributed by atoms with Crippen molar-refractivity contribution in [3.8, 4) is 0 Å². The van der Waals surface area contributed by atoms with Crippen LogP contribution >= 0.6 is 0 Å². The molecule has 0 radical (unpaired) electrons. The van der Waals surface area contributed by atoms with Crippen LogP contribution in [0.3, 0.4) is 0 Å². The van der Waals surface area contributed by atoms with E-state index in [4.69, 9.17) is 14.2 Å². The van der Waals surface area contributed by atoms with Crippen LogP contribution in [0.1, 0.15) is 11.1 Å². The molecule has 10 atom stereocenters. The highest BCUT2D eigenvalue weighted by Gasteiger charge is 2.50. The molecule has 0 spiro atoms. The molecule has 2 aromatic rings. The molecule has 0 aromatic heterocycles. The van der Waals surface area contributed by atoms with E-state index >= 15 is 0 Å². The van der Waals surface area contributed by atoms with Crippen LogP contribution in [-0.4, -0.2) is 105 Å². The summed E-state index contributed by atoms with van der Waals surface area (Å²) >= 11 is 0. The first-order valence-electron chi connectivity index (χ1n) is 12.4. The lowest BCUT2D eigenvalue weighted by molar-refractivity contribution is -0.337. The van der Waals surface area contributed by atoms with Gasteiger partial charge in [0.05, 0.1) is 19.3 Å². The second-order valence-electron chi connectivity index (χ2n) is 9.33. The lowest BCUT2D eigenvalue weighted by atomic mass is 9.94. The van der Waals surface area contributed by atoms with Crippen molar-refractivity contribution in [2.24, 2.45) is 0 Å². The van der Waals surface area contributed by atoms with Crippen molar-refractivity contribution in [1.29, 1.82) is 0 Å². The minimum Gasteiger partial charge on any atom is -0.394 e. The van der Waals surface area contributed by atoms with E-state index < -0.39 is 74.5 Å². The fourth-order valence-electron chi connectivity index (χ4n) is 4.65. The summed E-state index contributed by atoms with van der Waals surface area (Å²) in [5.74, 6) is 0. The van der Waals surface area contributed by atoms with Crippen LogP contribution < -0.4 is 10.6 Å². The van der Waals surface area contributed by atoms with E-state index in [0.717, 1.165) is 11.1 Å². The van der Waals surface area contributed by atoms with Gasteiger partial charge in [-0.1, -0.05) is 60.7 Å². The highest BCUT2D eigenvalue weighted by atomic mass is 16.7. The van der Waals surface area contributed by atoms with Gasteiger partial charge in [0.15, 0.2) is 6.29 Å². The van der Waals surface area contributed by atoms with E-state index in [-0.39, 0.29) is 0 Å². The van der Waals surface area contributed by atoms with Gasteiger partial charge in [0.1, 0.15) is 49.0 Å². The first-order chi connectivity index (χ1) is 17.9. The zero-order valence-corrected chi connectivity index (χ0v) is 20.3. The van der Waals surface area contributed by atoms with Crippen molar-refractivity contribution in [2.75, 3.05) is 13.2 Å². The third-order valence-electron chi connectivity index (χ3n) is 6.77. The van der Waals surface area contributed by atoms with Crippen LogP contribution in [0.4, 0.5) is 0 Å². The zero-order chi connectivity index (χ0) is 26.4. The van der Waals surface area contributed by atoms with Crippen LogP contribution in [0.2, 0.25) is 0 Å². The third kappa shape index (κ3) is 6.72. The Morgan fingerprint density at radius 2 is 1.22 bits per heavy atom. The molecule has 4 rings (SSSR count). The van der Waals surface area contributed by atoms with Gasteiger partial charge in [0, 0.05) is 13.1 Å². The first kappa shape index (κ1) is 28.0. The van der Waals surface area contributed by atoms with Gasteiger partial charge < -0.3 is 50.2 Å². The third-order valence-corrected chi connectivity index (χ3v) is 6.77. The number of nitrogens with one attached hydrogen (secondary N) is 2. The van der Waals surface area contributed by atoms with E-state index in [9.17, 15) is 30.6 Å². The van der Waals surface area contributed by atoms with Gasteiger partial charge in [0.2, 0.25) is 0 Å². The molecule has 2 saturated heterocycles. The Morgan fingerprint density at radius 1 is 0.649 bits per heavy atom. The largest absolute Gasteiger partial charge is 0.394 e. The molecule has 8 N–H and O–H groups in total. The summed E-state index contributed by atoms with van der Waals surface area (Å²) in [6, 6.07) is 18.5. The van der Waals surface area contributed by atoms with Crippen molar-refractivity contribution >= 4 is 0 Å². The van der Waals surface area contributed by atoms with Crippen LogP contribution in [0.25, 0.3) is 0 Å². The Balaban J connectivity index is 1.52. The minimum atomic E-state index is -1.66. The molecule has 204 valence electrons. The molecule has 2 aliphatic heterocycles. The average Bonchev–Trinajstić information content (AvgIpc) is 2.93. The Hall–Kier alpha value is -2.00. The molecule has 2 fully saturated rings. The van der Waals surface area contributed by atoms with E-state index in [1.165, 1.54) is 0 Å². The highest BCUT2D eigenvalue weighted by molar-refractivity contribution is 5.16. The number of rotatable bonds is 10. The van der Waals surface area contributed by atoms with E-state index in [0.29, 0.717) is 13.1 Å². The van der Waals surface area contributed by atoms with Crippen molar-refractivity contribution in [1.82, 2.24) is 10.6 Å². The topological polar surface area (TPSA) is 173 Å². The van der Waals surface area contributed by atoms with Gasteiger partial charge in [-0.2, -0.15) is 0 Å². The van der Waals surface area contributed by atoms with Crippen molar-refractivity contribution in [2.45, 2.75) is 74.4 Å². The van der Waals surface area contributed by atoms with Crippen LogP contribution in [0.15, 0.2) is 60.7 Å². The molecule has 2 heterocycles. The normalized spacial score (nSPS) is 36.4. The fourth-order valence-corrected chi connectivity index (χ4v) is 4.65. The summed E-state index contributed by atoms with van der Waals surface area (Å²) in [7, 11) is 0. The number of hydrogen-bond acceptors (Lipinski definition) is 11. The van der Waals surface area contributed by atoms with Crippen LogP contribution in [0.5, 0.6) is 0 Å². The van der Waals surface area contributed by atoms with Crippen molar-refractivity contribution < 1.29 is 44.8 Å². The first-order valence-corrected chi connectivity index (χ1v) is 12.4. The predicted octanol–water partition coefficient (Wildman–Crippen LogP) is -1.80. The Kier molecular flexibility index (Phi) is 9.98. The van der Waals surface area contributed by atoms with Crippen LogP contribution in [-0.2, 0) is 27.3 Å². The van der Waals surface area contributed by atoms with Gasteiger partial charge in [0.25, 0.3) is 0 Å². The molecule has 11 nitrogen and oxygen atoms in total. The second-order valence-corrected chi connectivity index (χ2v) is 9.33. The highest BCUT2D eigenvalue weighted by Crippen LogP contribution is 2.29. The smallest absolute Gasteiger partial charge is 0.187 e. The molecule has 11 heteroatoms. The maximum absolute atomic E-state index is 11.4. The number of ether oxygens (including phenoxy) is 3. The minimum absolute atomic E-state index is 0.409. The van der Waals surface area contributed by atoms with E-state index in [1.54, 1.807) is 0 Å². The molecule has 37 heavy (non-hydrogen) atoms. The summed E-state index contributed by atoms with van der Waals surface area (Å²) < 4.78 is 17.4. The molecule has 2 aromatic carbocycles. The Morgan fingerprint density at radius 3 is 1.78 bits per heavy atom. The van der Waals surface area contributed by atoms with Gasteiger partial charge in [-0.3, -0.25) is 5.32 Å². The number of hydrogen-bond donors (Lipinski definition) is 8. The number of benzene rings is 2. The van der Waals surface area contributed by atoms with Crippen molar-refractivity contribution in [3.63, 3.8) is 0 Å². The monoisotopic (exact) mass is 520 g/mol. The zero-order valence-electron chi connectivity index (χ0n) is 20.3. The Bertz CT molecular complexity index is 938. The Labute approximate surface area is 215 Å². The molecule has 0 aliphatic carbocycles. The van der Waals surface area contributed by atoms with Gasteiger partial charge in [-0.05, 0) is 11.1 Å². The molecular formula is C26H36N2O9. The standard InChI is InChI=1S/C26H36N2O9/c29-13-17-20(31)22(33)23(34)26(36-17)37-24-18(14-30)35-25(28-12-16-9-5-2-6-10-16)19(21(24)32)27-11-15-7-3-1-4-8-15/h1-10,17-34H,11-14H2/t17-,18-,19-,20+,21-,22+,23-,24-,25?,26+/m1/s1. The number of aliphatic hydroxyl groups is 6. The predicted molar refractivity (Wildman–Crippen MR) is 131 cm³/mol. The van der Waals surface area contributed by atoms with Gasteiger partial charge >= 0.3 is 0 Å². The van der Waals surface area contributed by atoms with Crippen molar-refractivity contribution in [3.05, 3.63) is 71.8 Å². The summed E-state index contributed by atoms with van der Waals surface area (Å²) in [4.78, 5) is 0. The second kappa shape index (κ2) is 13.2. The van der Waals surface area contributed by atoms with Gasteiger partial charge in [-0.15, -0.1) is 0 Å². The quantitative estimate of drug-likeness (QED) is 0.178. The van der Waals surface area contributed by atoms with Gasteiger partial charge in [-0.25, -0.2) is 0 Å². The molecule has 1 unspecified atom stereocenters. The lowest BCUT2D eigenvalue weighted by Crippen LogP contribution is -2.69. The van der Waals surface area contributed by atoms with Crippen LogP contribution in [0, 0.1) is 0 Å². The number of aliphatic hydroxyl groups excluding tert-OH is 6. The maximum Gasteiger partial charge on any atom is 0.187 e. The lowest BCUT2D eigenvalue weighted by Gasteiger charge is -2.47. The molecule has 0 amide bonds. The average molecular weight is 521 g/mol. The molecule has 2 aliphatic rings. The maximum atomic E-state index is 11.4. The summed E-state index contributed by atoms with van der Waals surface area (Å²) in [6.45, 7) is -0.275.